The van der Waals surface area contributed by atoms with E-state index in [1.54, 1.807) is 18.3 Å². The third-order valence-electron chi connectivity index (χ3n) is 4.16. The standard InChI is InChI=1S/C20H30N4O2S2/c1-7-21-19(22-12-20(5,6)15-10-9-11-27-15)24-14(4)17-23-13(3)16(28-17)18(25)26-8-2/h9-11,14H,7-8,12H2,1-6H3,(H2,21,22,24). The molecule has 0 bridgehead atoms. The van der Waals surface area contributed by atoms with Gasteiger partial charge >= 0.3 is 5.97 Å². The lowest BCUT2D eigenvalue weighted by Gasteiger charge is -2.22. The first-order valence-electron chi connectivity index (χ1n) is 9.51. The molecule has 2 aromatic rings. The second-order valence-electron chi connectivity index (χ2n) is 7.11. The minimum atomic E-state index is -0.311. The van der Waals surface area contributed by atoms with Gasteiger partial charge in [0.25, 0.3) is 0 Å². The lowest BCUT2D eigenvalue weighted by Crippen LogP contribution is -2.39. The van der Waals surface area contributed by atoms with Crippen LogP contribution >= 0.6 is 22.7 Å². The zero-order chi connectivity index (χ0) is 20.7. The van der Waals surface area contributed by atoms with E-state index in [4.69, 9.17) is 9.73 Å². The molecular formula is C20H30N4O2S2. The maximum absolute atomic E-state index is 12.0. The number of rotatable bonds is 8. The number of esters is 1. The summed E-state index contributed by atoms with van der Waals surface area (Å²) in [5.74, 6) is 0.430. The van der Waals surface area contributed by atoms with E-state index < -0.39 is 0 Å². The predicted molar refractivity (Wildman–Crippen MR) is 118 cm³/mol. The van der Waals surface area contributed by atoms with Gasteiger partial charge < -0.3 is 15.4 Å². The molecule has 0 aromatic carbocycles. The van der Waals surface area contributed by atoms with E-state index in [0.29, 0.717) is 23.7 Å². The number of hydrogen-bond donors (Lipinski definition) is 2. The summed E-state index contributed by atoms with van der Waals surface area (Å²) < 4.78 is 5.11. The van der Waals surface area contributed by atoms with E-state index in [1.165, 1.54) is 16.2 Å². The minimum absolute atomic E-state index is 0.0331. The molecule has 0 saturated carbocycles. The molecule has 2 N–H and O–H groups in total. The van der Waals surface area contributed by atoms with E-state index in [1.807, 2.05) is 20.8 Å². The second kappa shape index (κ2) is 10.0. The zero-order valence-electron chi connectivity index (χ0n) is 17.5. The monoisotopic (exact) mass is 422 g/mol. The summed E-state index contributed by atoms with van der Waals surface area (Å²) in [6.45, 7) is 13.9. The van der Waals surface area contributed by atoms with E-state index in [2.05, 4.69) is 47.0 Å². The second-order valence-corrected chi connectivity index (χ2v) is 9.09. The van der Waals surface area contributed by atoms with Crippen molar-refractivity contribution in [2.45, 2.75) is 53.0 Å². The summed E-state index contributed by atoms with van der Waals surface area (Å²) in [5, 5.41) is 9.63. The summed E-state index contributed by atoms with van der Waals surface area (Å²) >= 11 is 3.12. The first kappa shape index (κ1) is 22.4. The fourth-order valence-corrected chi connectivity index (χ4v) is 4.40. The molecule has 0 radical (unpaired) electrons. The quantitative estimate of drug-likeness (QED) is 0.377. The molecule has 0 aliphatic heterocycles. The van der Waals surface area contributed by atoms with Gasteiger partial charge in [0.15, 0.2) is 5.96 Å². The smallest absolute Gasteiger partial charge is 0.350 e. The Morgan fingerprint density at radius 2 is 2.14 bits per heavy atom. The number of ether oxygens (including phenoxy) is 1. The first-order valence-corrected chi connectivity index (χ1v) is 11.2. The number of nitrogens with one attached hydrogen (secondary N) is 2. The Balaban J connectivity index is 2.11. The highest BCUT2D eigenvalue weighted by molar-refractivity contribution is 7.13. The van der Waals surface area contributed by atoms with E-state index in [-0.39, 0.29) is 17.4 Å². The summed E-state index contributed by atoms with van der Waals surface area (Å²) in [4.78, 5) is 23.3. The molecule has 8 heteroatoms. The van der Waals surface area contributed by atoms with Crippen molar-refractivity contribution in [3.63, 3.8) is 0 Å². The lowest BCUT2D eigenvalue weighted by atomic mass is 9.92. The average molecular weight is 423 g/mol. The average Bonchev–Trinajstić information content (AvgIpc) is 3.30. The van der Waals surface area contributed by atoms with Crippen molar-refractivity contribution in [1.29, 1.82) is 0 Å². The van der Waals surface area contributed by atoms with Gasteiger partial charge in [-0.05, 0) is 39.1 Å². The normalized spacial score (nSPS) is 13.3. The predicted octanol–water partition coefficient (Wildman–Crippen LogP) is 4.28. The van der Waals surface area contributed by atoms with Crippen LogP contribution < -0.4 is 10.6 Å². The SMILES string of the molecule is CCNC(=NCC(C)(C)c1cccs1)NC(C)c1nc(C)c(C(=O)OCC)s1. The van der Waals surface area contributed by atoms with Crippen molar-refractivity contribution in [2.75, 3.05) is 19.7 Å². The van der Waals surface area contributed by atoms with Crippen LogP contribution in [0.3, 0.4) is 0 Å². The van der Waals surface area contributed by atoms with Crippen LogP contribution in [0.2, 0.25) is 0 Å². The fourth-order valence-electron chi connectivity index (χ4n) is 2.59. The number of thiazole rings is 1. The molecule has 154 valence electrons. The van der Waals surface area contributed by atoms with Gasteiger partial charge in [-0.15, -0.1) is 22.7 Å². The van der Waals surface area contributed by atoms with E-state index >= 15 is 0 Å². The van der Waals surface area contributed by atoms with Crippen LogP contribution in [0.4, 0.5) is 0 Å². The Bertz CT molecular complexity index is 797. The van der Waals surface area contributed by atoms with Crippen molar-refractivity contribution in [3.8, 4) is 0 Å². The van der Waals surface area contributed by atoms with Crippen LogP contribution in [0, 0.1) is 6.92 Å². The first-order chi connectivity index (χ1) is 13.3. The van der Waals surface area contributed by atoms with Crippen molar-refractivity contribution in [3.05, 3.63) is 38.0 Å². The number of carbonyl (C=O) groups excluding carboxylic acids is 1. The van der Waals surface area contributed by atoms with Crippen LogP contribution in [0.5, 0.6) is 0 Å². The molecule has 1 atom stereocenters. The molecule has 0 aliphatic rings. The number of guanidine groups is 1. The number of aryl methyl sites for hydroxylation is 1. The number of aliphatic imine (C=N–C) groups is 1. The molecule has 2 aromatic heterocycles. The summed E-state index contributed by atoms with van der Waals surface area (Å²) in [5.41, 5.74) is 0.669. The molecule has 6 nitrogen and oxygen atoms in total. The largest absolute Gasteiger partial charge is 0.462 e. The fraction of sp³-hybridized carbons (Fsp3) is 0.550. The van der Waals surface area contributed by atoms with Crippen LogP contribution in [-0.2, 0) is 10.2 Å². The highest BCUT2D eigenvalue weighted by Crippen LogP contribution is 2.28. The molecule has 1 unspecified atom stereocenters. The Kier molecular flexibility index (Phi) is 8.00. The zero-order valence-corrected chi connectivity index (χ0v) is 19.1. The van der Waals surface area contributed by atoms with Gasteiger partial charge in [0.05, 0.1) is 24.9 Å². The van der Waals surface area contributed by atoms with Crippen LogP contribution in [0.15, 0.2) is 22.5 Å². The summed E-state index contributed by atoms with van der Waals surface area (Å²) in [6.07, 6.45) is 0. The molecule has 2 heterocycles. The number of hydrogen-bond acceptors (Lipinski definition) is 6. The third kappa shape index (κ3) is 5.78. The molecule has 2 rings (SSSR count). The third-order valence-corrected chi connectivity index (χ3v) is 6.72. The van der Waals surface area contributed by atoms with Crippen molar-refractivity contribution >= 4 is 34.6 Å². The maximum Gasteiger partial charge on any atom is 0.350 e. The Morgan fingerprint density at radius 1 is 1.39 bits per heavy atom. The van der Waals surface area contributed by atoms with Gasteiger partial charge in [0.2, 0.25) is 0 Å². The lowest BCUT2D eigenvalue weighted by molar-refractivity contribution is 0.0531. The van der Waals surface area contributed by atoms with Crippen molar-refractivity contribution in [1.82, 2.24) is 15.6 Å². The van der Waals surface area contributed by atoms with Gasteiger partial charge in [0.1, 0.15) is 9.88 Å². The topological polar surface area (TPSA) is 75.6 Å². The molecule has 0 fully saturated rings. The van der Waals surface area contributed by atoms with Gasteiger partial charge in [-0.3, -0.25) is 4.99 Å². The molecule has 0 amide bonds. The van der Waals surface area contributed by atoms with Crippen LogP contribution in [0.1, 0.15) is 65.9 Å². The number of thiophene rings is 1. The van der Waals surface area contributed by atoms with Gasteiger partial charge in [-0.25, -0.2) is 9.78 Å². The molecule has 0 aliphatic carbocycles. The molecule has 0 saturated heterocycles. The Hall–Kier alpha value is -1.93. The van der Waals surface area contributed by atoms with Gasteiger partial charge in [-0.2, -0.15) is 0 Å². The maximum atomic E-state index is 12.0. The van der Waals surface area contributed by atoms with Crippen molar-refractivity contribution in [2.24, 2.45) is 4.99 Å². The van der Waals surface area contributed by atoms with Crippen molar-refractivity contribution < 1.29 is 9.53 Å². The number of carbonyl (C=O) groups is 1. The Morgan fingerprint density at radius 3 is 2.75 bits per heavy atom. The van der Waals surface area contributed by atoms with E-state index in [9.17, 15) is 4.79 Å². The summed E-state index contributed by atoms with van der Waals surface area (Å²) in [7, 11) is 0. The molecule has 0 spiro atoms. The Labute approximate surface area is 175 Å². The minimum Gasteiger partial charge on any atom is -0.462 e. The molecule has 28 heavy (non-hydrogen) atoms. The number of aromatic nitrogens is 1. The van der Waals surface area contributed by atoms with Gasteiger partial charge in [-0.1, -0.05) is 19.9 Å². The van der Waals surface area contributed by atoms with E-state index in [0.717, 1.165) is 17.5 Å². The van der Waals surface area contributed by atoms with Crippen LogP contribution in [-0.4, -0.2) is 36.6 Å². The van der Waals surface area contributed by atoms with Crippen LogP contribution in [0.25, 0.3) is 0 Å². The highest BCUT2D eigenvalue weighted by atomic mass is 32.1. The highest BCUT2D eigenvalue weighted by Gasteiger charge is 2.23. The molecular weight excluding hydrogens is 392 g/mol. The summed E-state index contributed by atoms with van der Waals surface area (Å²) in [6, 6.07) is 4.15. The van der Waals surface area contributed by atoms with Gasteiger partial charge in [0, 0.05) is 16.8 Å². The number of nitrogens with zero attached hydrogens (tertiary/aromatic N) is 2.